The number of H-pyrrole nitrogens is 2. The molecule has 11 heteroatoms. The van der Waals surface area contributed by atoms with Crippen LogP contribution in [0, 0.1) is 17.3 Å². The van der Waals surface area contributed by atoms with Gasteiger partial charge in [0.15, 0.2) is 5.82 Å². The Balaban J connectivity index is 1.27. The number of allylic oxidation sites excluding steroid dienone is 1. The first-order valence-electron chi connectivity index (χ1n) is 12.7. The summed E-state index contributed by atoms with van der Waals surface area (Å²) in [6.07, 6.45) is 4.48. The molecule has 4 rings (SSSR count). The van der Waals surface area contributed by atoms with E-state index in [9.17, 15) is 4.79 Å². The molecular formula is C28H34N8O3. The summed E-state index contributed by atoms with van der Waals surface area (Å²) >= 11 is 0. The van der Waals surface area contributed by atoms with Crippen LogP contribution in [0.15, 0.2) is 42.3 Å². The van der Waals surface area contributed by atoms with Crippen LogP contribution in [0.5, 0.6) is 0 Å². The molecule has 2 amide bonds. The SMILES string of the molecule is CC(C)(C)c1cc(NC(=O)Nc2ccc(C#Cc3cnc(/C=C(\C=N)OCCN4CCOCC4)[nH]3)cc2)n[nH]1. The lowest BCUT2D eigenvalue weighted by atomic mass is 9.92. The molecule has 5 N–H and O–H groups in total. The lowest BCUT2D eigenvalue weighted by molar-refractivity contribution is 0.0286. The Morgan fingerprint density at radius 3 is 2.67 bits per heavy atom. The van der Waals surface area contributed by atoms with Gasteiger partial charge >= 0.3 is 6.03 Å². The number of aromatic nitrogens is 4. The third-order valence-electron chi connectivity index (χ3n) is 5.91. The number of imidazole rings is 1. The number of hydrogen-bond donors (Lipinski definition) is 5. The van der Waals surface area contributed by atoms with Gasteiger partial charge in [-0.2, -0.15) is 5.10 Å². The number of ether oxygens (including phenoxy) is 2. The van der Waals surface area contributed by atoms with Gasteiger partial charge in [-0.25, -0.2) is 9.78 Å². The largest absolute Gasteiger partial charge is 0.491 e. The second-order valence-electron chi connectivity index (χ2n) is 10.00. The quantitative estimate of drug-likeness (QED) is 0.170. The molecule has 1 fully saturated rings. The second kappa shape index (κ2) is 12.9. The van der Waals surface area contributed by atoms with Crippen molar-refractivity contribution in [3.05, 3.63) is 65.1 Å². The number of anilines is 2. The third kappa shape index (κ3) is 8.56. The lowest BCUT2D eigenvalue weighted by Crippen LogP contribution is -2.38. The van der Waals surface area contributed by atoms with E-state index in [1.165, 1.54) is 6.21 Å². The van der Waals surface area contributed by atoms with Crippen molar-refractivity contribution in [3.8, 4) is 11.8 Å². The molecule has 0 spiro atoms. The first-order valence-corrected chi connectivity index (χ1v) is 12.7. The highest BCUT2D eigenvalue weighted by molar-refractivity contribution is 5.99. The van der Waals surface area contributed by atoms with E-state index < -0.39 is 0 Å². The van der Waals surface area contributed by atoms with Gasteiger partial charge in [-0.15, -0.1) is 0 Å². The van der Waals surface area contributed by atoms with Gasteiger partial charge in [0.25, 0.3) is 0 Å². The van der Waals surface area contributed by atoms with Crippen LogP contribution < -0.4 is 10.6 Å². The first-order chi connectivity index (χ1) is 18.8. The smallest absolute Gasteiger partial charge is 0.324 e. The molecule has 1 saturated heterocycles. The van der Waals surface area contributed by atoms with Crippen molar-refractivity contribution < 1.29 is 14.3 Å². The topological polar surface area (TPSA) is 144 Å². The number of morpholine rings is 1. The molecule has 0 atom stereocenters. The number of benzene rings is 1. The zero-order valence-corrected chi connectivity index (χ0v) is 22.4. The molecular weight excluding hydrogens is 496 g/mol. The maximum atomic E-state index is 12.3. The maximum Gasteiger partial charge on any atom is 0.324 e. The van der Waals surface area contributed by atoms with Gasteiger partial charge in [0.05, 0.1) is 25.6 Å². The van der Waals surface area contributed by atoms with Crippen LogP contribution in [0.2, 0.25) is 0 Å². The first kappa shape index (κ1) is 27.6. The molecule has 0 bridgehead atoms. The highest BCUT2D eigenvalue weighted by Gasteiger charge is 2.17. The second-order valence-corrected chi connectivity index (χ2v) is 10.00. The Labute approximate surface area is 227 Å². The highest BCUT2D eigenvalue weighted by atomic mass is 16.5. The predicted molar refractivity (Wildman–Crippen MR) is 151 cm³/mol. The summed E-state index contributed by atoms with van der Waals surface area (Å²) in [5.41, 5.74) is 2.89. The molecule has 3 heterocycles. The van der Waals surface area contributed by atoms with Gasteiger partial charge in [0.2, 0.25) is 0 Å². The minimum atomic E-state index is -0.381. The molecule has 39 heavy (non-hydrogen) atoms. The molecule has 2 aromatic heterocycles. The number of hydrogen-bond acceptors (Lipinski definition) is 7. The average Bonchev–Trinajstić information content (AvgIpc) is 3.58. The Hall–Kier alpha value is -4.40. The Bertz CT molecular complexity index is 1350. The van der Waals surface area contributed by atoms with Gasteiger partial charge < -0.3 is 25.2 Å². The molecule has 0 saturated carbocycles. The van der Waals surface area contributed by atoms with E-state index in [-0.39, 0.29) is 11.4 Å². The summed E-state index contributed by atoms with van der Waals surface area (Å²) in [5, 5.41) is 20.2. The van der Waals surface area contributed by atoms with E-state index in [0.717, 1.165) is 44.1 Å². The van der Waals surface area contributed by atoms with Crippen LogP contribution in [-0.4, -0.2) is 76.8 Å². The molecule has 0 radical (unpaired) electrons. The summed E-state index contributed by atoms with van der Waals surface area (Å²) in [7, 11) is 0. The van der Waals surface area contributed by atoms with Crippen molar-refractivity contribution >= 4 is 29.8 Å². The summed E-state index contributed by atoms with van der Waals surface area (Å²) in [5.74, 6) is 7.55. The highest BCUT2D eigenvalue weighted by Crippen LogP contribution is 2.22. The average molecular weight is 531 g/mol. The normalized spacial score (nSPS) is 14.3. The number of carbonyl (C=O) groups excluding carboxylic acids is 1. The fourth-order valence-electron chi connectivity index (χ4n) is 3.68. The number of rotatable bonds is 8. The van der Waals surface area contributed by atoms with E-state index in [0.29, 0.717) is 35.4 Å². The molecule has 1 aromatic carbocycles. The van der Waals surface area contributed by atoms with Crippen molar-refractivity contribution in [3.63, 3.8) is 0 Å². The molecule has 3 aromatic rings. The minimum Gasteiger partial charge on any atom is -0.491 e. The maximum absolute atomic E-state index is 12.3. The van der Waals surface area contributed by atoms with Gasteiger partial charge in [0, 0.05) is 54.1 Å². The van der Waals surface area contributed by atoms with Crippen molar-refractivity contribution in [2.24, 2.45) is 0 Å². The molecule has 11 nitrogen and oxygen atoms in total. The predicted octanol–water partition coefficient (Wildman–Crippen LogP) is 3.81. The third-order valence-corrected chi connectivity index (χ3v) is 5.91. The van der Waals surface area contributed by atoms with Crippen molar-refractivity contribution in [2.45, 2.75) is 26.2 Å². The van der Waals surface area contributed by atoms with Crippen LogP contribution in [0.4, 0.5) is 16.3 Å². The van der Waals surface area contributed by atoms with Crippen LogP contribution >= 0.6 is 0 Å². The number of nitrogens with one attached hydrogen (secondary N) is 5. The van der Waals surface area contributed by atoms with Gasteiger partial charge in [-0.05, 0) is 30.2 Å². The van der Waals surface area contributed by atoms with Gasteiger partial charge in [-0.1, -0.05) is 26.7 Å². The Morgan fingerprint density at radius 2 is 1.97 bits per heavy atom. The number of nitrogens with zero attached hydrogens (tertiary/aromatic N) is 3. The van der Waals surface area contributed by atoms with Crippen LogP contribution in [0.3, 0.4) is 0 Å². The van der Waals surface area contributed by atoms with Crippen LogP contribution in [-0.2, 0) is 14.9 Å². The Morgan fingerprint density at radius 1 is 1.21 bits per heavy atom. The summed E-state index contributed by atoms with van der Waals surface area (Å²) in [4.78, 5) is 22.0. The molecule has 1 aliphatic heterocycles. The van der Waals surface area contributed by atoms with Gasteiger partial charge in [0.1, 0.15) is 23.9 Å². The Kier molecular flexibility index (Phi) is 9.14. The fraction of sp³-hybridized carbons (Fsp3) is 0.357. The van der Waals surface area contributed by atoms with E-state index in [2.05, 4.69) is 68.3 Å². The standard InChI is InChI=1S/C28H34N8O3/c1-28(2,3)24-17-26(35-34-24)33-27(37)32-21-7-4-20(5-8-21)6-9-22-19-30-25(31-22)16-23(18-29)39-15-12-36-10-13-38-14-11-36/h4-5,7-8,16-19,29H,10-15H2,1-3H3,(H,30,31)(H3,32,33,34,35,37)/b23-16+,29-18?. The van der Waals surface area contributed by atoms with Crippen molar-refractivity contribution in [1.29, 1.82) is 5.41 Å². The van der Waals surface area contributed by atoms with E-state index >= 15 is 0 Å². The van der Waals surface area contributed by atoms with Crippen molar-refractivity contribution in [1.82, 2.24) is 25.1 Å². The van der Waals surface area contributed by atoms with E-state index in [4.69, 9.17) is 14.9 Å². The molecule has 0 aliphatic carbocycles. The van der Waals surface area contributed by atoms with E-state index in [1.54, 1.807) is 24.4 Å². The lowest BCUT2D eigenvalue weighted by Gasteiger charge is -2.26. The monoisotopic (exact) mass is 530 g/mol. The number of carbonyl (C=O) groups is 1. The van der Waals surface area contributed by atoms with Gasteiger partial charge in [-0.3, -0.25) is 15.3 Å². The number of urea groups is 1. The molecule has 0 unspecified atom stereocenters. The number of amides is 2. The minimum absolute atomic E-state index is 0.0875. The van der Waals surface area contributed by atoms with E-state index in [1.807, 2.05) is 18.2 Å². The summed E-state index contributed by atoms with van der Waals surface area (Å²) in [6, 6.07) is 8.64. The van der Waals surface area contributed by atoms with Crippen molar-refractivity contribution in [2.75, 3.05) is 50.1 Å². The van der Waals surface area contributed by atoms with Crippen LogP contribution in [0.1, 0.15) is 43.5 Å². The summed E-state index contributed by atoms with van der Waals surface area (Å²) in [6.45, 7) is 10.7. The zero-order chi connectivity index (χ0) is 27.7. The zero-order valence-electron chi connectivity index (χ0n) is 22.4. The summed E-state index contributed by atoms with van der Waals surface area (Å²) < 4.78 is 11.1. The molecule has 204 valence electrons. The number of aromatic amines is 2. The fourth-order valence-corrected chi connectivity index (χ4v) is 3.68. The molecule has 1 aliphatic rings. The van der Waals surface area contributed by atoms with Crippen LogP contribution in [0.25, 0.3) is 6.08 Å².